The Bertz CT molecular complexity index is 610. The van der Waals surface area contributed by atoms with E-state index >= 15 is 0 Å². The van der Waals surface area contributed by atoms with Crippen LogP contribution in [0.3, 0.4) is 0 Å². The molecule has 0 heterocycles. The van der Waals surface area contributed by atoms with Crippen molar-refractivity contribution in [1.82, 2.24) is 0 Å². The van der Waals surface area contributed by atoms with Gasteiger partial charge >= 0.3 is 10.2 Å². The van der Waals surface area contributed by atoms with Crippen LogP contribution in [0.2, 0.25) is 0 Å². The molecule has 0 fully saturated rings. The molecule has 1 N–H and O–H groups in total. The van der Waals surface area contributed by atoms with Gasteiger partial charge in [-0.05, 0) is 25.1 Å². The molecule has 138 valence electrons. The zero-order chi connectivity index (χ0) is 18.7. The minimum atomic E-state index is -9.85. The zero-order valence-corrected chi connectivity index (χ0v) is 13.3. The van der Waals surface area contributed by atoms with Crippen LogP contribution in [0.1, 0.15) is 6.92 Å². The van der Waals surface area contributed by atoms with Crippen LogP contribution in [0.15, 0.2) is 29.2 Å². The van der Waals surface area contributed by atoms with Gasteiger partial charge < -0.3 is 19.5 Å². The molecule has 0 aliphatic rings. The standard InChI is InChI=1S/C13H16F5NO4S/c1-10(13(22)8-20)23-6-5-19(9-21)11-3-2-4-12(7-11)24(14,15,16,17)18/h2-4,7-10,13,22H,5-6H2,1H3. The number of ether oxygens (including phenoxy) is 1. The lowest BCUT2D eigenvalue weighted by atomic mass is 10.2. The lowest BCUT2D eigenvalue weighted by Gasteiger charge is -2.40. The number of hydrogen-bond acceptors (Lipinski definition) is 4. The molecule has 1 aromatic carbocycles. The number of hydrogen-bond donors (Lipinski definition) is 1. The van der Waals surface area contributed by atoms with Gasteiger partial charge in [-0.1, -0.05) is 25.5 Å². The summed E-state index contributed by atoms with van der Waals surface area (Å²) in [4.78, 5) is 20.0. The summed E-state index contributed by atoms with van der Waals surface area (Å²) in [6, 6.07) is 2.23. The SMILES string of the molecule is CC(OCCN(C=O)c1cccc(S(F)(F)(F)(F)F)c1)C(O)C=O. The van der Waals surface area contributed by atoms with Crippen LogP contribution in [-0.2, 0) is 14.3 Å². The molecule has 1 amide bonds. The van der Waals surface area contributed by atoms with E-state index in [2.05, 4.69) is 0 Å². The molecule has 0 aromatic heterocycles. The molecule has 0 aliphatic carbocycles. The predicted octanol–water partition coefficient (Wildman–Crippen LogP) is 3.27. The molecular formula is C13H16F5NO4S. The monoisotopic (exact) mass is 377 g/mol. The molecule has 0 bridgehead atoms. The van der Waals surface area contributed by atoms with Crippen molar-refractivity contribution in [2.24, 2.45) is 0 Å². The highest BCUT2D eigenvalue weighted by atomic mass is 32.5. The van der Waals surface area contributed by atoms with E-state index < -0.39 is 27.3 Å². The molecule has 5 nitrogen and oxygen atoms in total. The van der Waals surface area contributed by atoms with Gasteiger partial charge in [0.05, 0.1) is 12.7 Å². The Morgan fingerprint density at radius 2 is 1.88 bits per heavy atom. The number of anilines is 1. The highest BCUT2D eigenvalue weighted by Gasteiger charge is 2.65. The highest BCUT2D eigenvalue weighted by Crippen LogP contribution is 3.02. The Labute approximate surface area is 134 Å². The first-order chi connectivity index (χ1) is 10.8. The first-order valence-electron chi connectivity index (χ1n) is 6.59. The minimum Gasteiger partial charge on any atom is -0.383 e. The fraction of sp³-hybridized carbons (Fsp3) is 0.385. The van der Waals surface area contributed by atoms with Gasteiger partial charge in [-0.2, -0.15) is 0 Å². The first kappa shape index (κ1) is 20.3. The van der Waals surface area contributed by atoms with Crippen LogP contribution >= 0.6 is 10.2 Å². The van der Waals surface area contributed by atoms with E-state index in [1.54, 1.807) is 0 Å². The lowest BCUT2D eigenvalue weighted by molar-refractivity contribution is -0.122. The third kappa shape index (κ3) is 5.73. The van der Waals surface area contributed by atoms with E-state index in [4.69, 9.17) is 9.84 Å². The van der Waals surface area contributed by atoms with Gasteiger partial charge in [0, 0.05) is 12.2 Å². The minimum absolute atomic E-state index is 0.161. The average Bonchev–Trinajstić information content (AvgIpc) is 2.48. The number of aliphatic hydroxyl groups is 1. The van der Waals surface area contributed by atoms with E-state index in [9.17, 15) is 29.0 Å². The van der Waals surface area contributed by atoms with Crippen molar-refractivity contribution in [2.45, 2.75) is 24.0 Å². The highest BCUT2D eigenvalue weighted by molar-refractivity contribution is 8.45. The maximum absolute atomic E-state index is 12.8. The molecule has 0 aliphatic heterocycles. The molecule has 0 saturated heterocycles. The number of aliphatic hydroxyl groups excluding tert-OH is 1. The topological polar surface area (TPSA) is 66.8 Å². The molecule has 1 rings (SSSR count). The van der Waals surface area contributed by atoms with Crippen molar-refractivity contribution in [3.05, 3.63) is 24.3 Å². The molecule has 2 atom stereocenters. The second kappa shape index (κ2) is 6.30. The Morgan fingerprint density at radius 3 is 2.38 bits per heavy atom. The maximum Gasteiger partial charge on any atom is 0.310 e. The second-order valence-corrected chi connectivity index (χ2v) is 7.38. The number of carbonyl (C=O) groups is 2. The summed E-state index contributed by atoms with van der Waals surface area (Å²) in [6.07, 6.45) is -1.90. The number of carbonyl (C=O) groups excluding carboxylic acids is 2. The smallest absolute Gasteiger partial charge is 0.310 e. The van der Waals surface area contributed by atoms with E-state index in [1.165, 1.54) is 6.92 Å². The van der Waals surface area contributed by atoms with Crippen LogP contribution in [0.25, 0.3) is 0 Å². The summed E-state index contributed by atoms with van der Waals surface area (Å²) >= 11 is 0. The van der Waals surface area contributed by atoms with Crippen molar-refractivity contribution in [3.8, 4) is 0 Å². The van der Waals surface area contributed by atoms with Gasteiger partial charge in [0.25, 0.3) is 0 Å². The van der Waals surface area contributed by atoms with Crippen molar-refractivity contribution in [2.75, 3.05) is 18.1 Å². The molecule has 11 heteroatoms. The van der Waals surface area contributed by atoms with E-state index in [0.29, 0.717) is 0 Å². The van der Waals surface area contributed by atoms with Crippen LogP contribution in [0.5, 0.6) is 0 Å². The van der Waals surface area contributed by atoms with Gasteiger partial charge in [0.1, 0.15) is 11.0 Å². The summed E-state index contributed by atoms with van der Waals surface area (Å²) in [5, 5.41) is 9.17. The second-order valence-electron chi connectivity index (χ2n) is 4.97. The van der Waals surface area contributed by atoms with Crippen molar-refractivity contribution in [3.63, 3.8) is 0 Å². The normalized spacial score (nSPS) is 17.3. The summed E-state index contributed by atoms with van der Waals surface area (Å²) in [7, 11) is -9.85. The molecule has 24 heavy (non-hydrogen) atoms. The number of rotatable bonds is 9. The van der Waals surface area contributed by atoms with Crippen molar-refractivity contribution < 1.29 is 38.9 Å². The molecule has 1 aromatic rings. The Hall–Kier alpha value is -1.72. The van der Waals surface area contributed by atoms with Crippen LogP contribution < -0.4 is 4.90 Å². The van der Waals surface area contributed by atoms with Gasteiger partial charge in [0.15, 0.2) is 6.29 Å². The molecule has 2 unspecified atom stereocenters. The Balaban J connectivity index is 2.88. The third-order valence-corrected chi connectivity index (χ3v) is 4.20. The van der Waals surface area contributed by atoms with Crippen LogP contribution in [0, 0.1) is 0 Å². The summed E-state index contributed by atoms with van der Waals surface area (Å²) in [5.41, 5.74) is -0.386. The summed E-state index contributed by atoms with van der Waals surface area (Å²) in [6.45, 7) is 0.883. The third-order valence-electron chi connectivity index (χ3n) is 3.06. The largest absolute Gasteiger partial charge is 0.383 e. The first-order valence-corrected chi connectivity index (χ1v) is 8.54. The van der Waals surface area contributed by atoms with E-state index in [1.807, 2.05) is 0 Å². The number of nitrogens with zero attached hydrogens (tertiary/aromatic N) is 1. The van der Waals surface area contributed by atoms with Crippen molar-refractivity contribution >= 4 is 28.6 Å². The summed E-state index contributed by atoms with van der Waals surface area (Å²) < 4.78 is 69.0. The fourth-order valence-electron chi connectivity index (χ4n) is 1.69. The van der Waals surface area contributed by atoms with Gasteiger partial charge in [-0.15, -0.1) is 0 Å². The molecule has 0 spiro atoms. The van der Waals surface area contributed by atoms with Gasteiger partial charge in [-0.3, -0.25) is 4.79 Å². The number of amides is 1. The summed E-state index contributed by atoms with van der Waals surface area (Å²) in [5.74, 6) is 0. The maximum atomic E-state index is 12.8. The Morgan fingerprint density at radius 1 is 1.25 bits per heavy atom. The van der Waals surface area contributed by atoms with Gasteiger partial charge in [-0.25, -0.2) is 0 Å². The van der Waals surface area contributed by atoms with Crippen molar-refractivity contribution in [1.29, 1.82) is 0 Å². The number of aldehydes is 1. The fourth-order valence-corrected chi connectivity index (χ4v) is 2.37. The quantitative estimate of drug-likeness (QED) is 0.530. The predicted molar refractivity (Wildman–Crippen MR) is 78.7 cm³/mol. The number of benzene rings is 1. The number of halogens is 5. The molecule has 0 radical (unpaired) electrons. The zero-order valence-electron chi connectivity index (χ0n) is 12.5. The van der Waals surface area contributed by atoms with Crippen LogP contribution in [0.4, 0.5) is 25.1 Å². The van der Waals surface area contributed by atoms with E-state index in [-0.39, 0.29) is 43.7 Å². The molecule has 0 saturated carbocycles. The lowest BCUT2D eigenvalue weighted by Crippen LogP contribution is -2.32. The average molecular weight is 377 g/mol. The van der Waals surface area contributed by atoms with E-state index in [0.717, 1.165) is 17.0 Å². The van der Waals surface area contributed by atoms with Crippen LogP contribution in [-0.4, -0.2) is 43.2 Å². The Kier molecular flexibility index (Phi) is 5.33. The van der Waals surface area contributed by atoms with Gasteiger partial charge in [0.2, 0.25) is 6.41 Å². The molecular weight excluding hydrogens is 361 g/mol.